The summed E-state index contributed by atoms with van der Waals surface area (Å²) in [6.07, 6.45) is 4.82. The summed E-state index contributed by atoms with van der Waals surface area (Å²) >= 11 is 1.23. The maximum absolute atomic E-state index is 13.7. The number of dihydropyridines is 1. The molecule has 1 aliphatic rings. The van der Waals surface area contributed by atoms with E-state index in [0.29, 0.717) is 27.6 Å². The second-order valence-electron chi connectivity index (χ2n) is 10.3. The molecule has 1 unspecified atom stereocenters. The van der Waals surface area contributed by atoms with Crippen LogP contribution in [-0.2, 0) is 16.0 Å². The van der Waals surface area contributed by atoms with Crippen LogP contribution in [0.5, 0.6) is 0 Å². The third-order valence-corrected chi connectivity index (χ3v) is 8.06. The zero-order valence-corrected chi connectivity index (χ0v) is 25.0. The predicted octanol–water partition coefficient (Wildman–Crippen LogP) is 7.25. The van der Waals surface area contributed by atoms with Crippen LogP contribution in [-0.4, -0.2) is 17.6 Å². The number of unbranched alkanes of at least 4 members (excludes halogenated alkanes) is 1. The molecule has 0 saturated carbocycles. The highest BCUT2D eigenvalue weighted by atomic mass is 32.2. The number of amides is 2. The molecule has 41 heavy (non-hydrogen) atoms. The van der Waals surface area contributed by atoms with Gasteiger partial charge < -0.3 is 20.4 Å². The maximum Gasteiger partial charge on any atom is 0.254 e. The van der Waals surface area contributed by atoms with Gasteiger partial charge in [-0.05, 0) is 81.5 Å². The number of anilines is 2. The Morgan fingerprint density at radius 1 is 1.05 bits per heavy atom. The lowest BCUT2D eigenvalue weighted by atomic mass is 9.85. The van der Waals surface area contributed by atoms with E-state index >= 15 is 0 Å². The largest absolute Gasteiger partial charge is 0.468 e. The first-order valence-corrected chi connectivity index (χ1v) is 14.8. The Kier molecular flexibility index (Phi) is 9.74. The zero-order chi connectivity index (χ0) is 29.5. The SMILES string of the molecule is CCCCc1ccc(NC(=O)CSC2=C(C#N)C(c3ccco3)C(C(=O)Nc3c(C)cc(C)cc3C)=C(C)N2)cc1. The first kappa shape index (κ1) is 29.8. The van der Waals surface area contributed by atoms with Crippen molar-refractivity contribution in [1.29, 1.82) is 5.26 Å². The molecular formula is C33H36N4O3S. The molecule has 1 aliphatic heterocycles. The van der Waals surface area contributed by atoms with Gasteiger partial charge in [-0.2, -0.15) is 5.26 Å². The molecule has 3 N–H and O–H groups in total. The van der Waals surface area contributed by atoms with Crippen LogP contribution in [0.15, 0.2) is 81.1 Å². The average Bonchev–Trinajstić information content (AvgIpc) is 3.47. The van der Waals surface area contributed by atoms with Crippen LogP contribution in [0.1, 0.15) is 60.6 Å². The number of hydrogen-bond donors (Lipinski definition) is 3. The monoisotopic (exact) mass is 568 g/mol. The molecule has 2 heterocycles. The van der Waals surface area contributed by atoms with E-state index in [9.17, 15) is 14.9 Å². The van der Waals surface area contributed by atoms with Gasteiger partial charge in [0.1, 0.15) is 5.76 Å². The van der Waals surface area contributed by atoms with Crippen LogP contribution in [0.4, 0.5) is 11.4 Å². The van der Waals surface area contributed by atoms with Gasteiger partial charge in [-0.3, -0.25) is 9.59 Å². The highest BCUT2D eigenvalue weighted by molar-refractivity contribution is 8.03. The molecule has 0 saturated heterocycles. The number of furan rings is 1. The number of rotatable bonds is 10. The van der Waals surface area contributed by atoms with Crippen molar-refractivity contribution in [3.05, 3.63) is 105 Å². The van der Waals surface area contributed by atoms with Crippen molar-refractivity contribution in [1.82, 2.24) is 5.32 Å². The van der Waals surface area contributed by atoms with Gasteiger partial charge in [0.2, 0.25) is 5.91 Å². The molecule has 0 bridgehead atoms. The number of aryl methyl sites for hydroxylation is 4. The molecule has 8 heteroatoms. The quantitative estimate of drug-likeness (QED) is 0.238. The average molecular weight is 569 g/mol. The number of nitriles is 1. The molecule has 7 nitrogen and oxygen atoms in total. The number of hydrogen-bond acceptors (Lipinski definition) is 6. The molecule has 2 amide bonds. The Morgan fingerprint density at radius 2 is 1.76 bits per heavy atom. The lowest BCUT2D eigenvalue weighted by Crippen LogP contribution is -2.31. The predicted molar refractivity (Wildman–Crippen MR) is 165 cm³/mol. The lowest BCUT2D eigenvalue weighted by Gasteiger charge is -2.28. The minimum Gasteiger partial charge on any atom is -0.468 e. The van der Waals surface area contributed by atoms with Crippen molar-refractivity contribution >= 4 is 35.0 Å². The van der Waals surface area contributed by atoms with Crippen molar-refractivity contribution in [2.45, 2.75) is 59.8 Å². The summed E-state index contributed by atoms with van der Waals surface area (Å²) in [5.74, 6) is -0.650. The van der Waals surface area contributed by atoms with Crippen molar-refractivity contribution < 1.29 is 14.0 Å². The molecule has 1 aromatic heterocycles. The molecule has 0 aliphatic carbocycles. The molecular weight excluding hydrogens is 532 g/mol. The van der Waals surface area contributed by atoms with E-state index in [1.165, 1.54) is 23.6 Å². The van der Waals surface area contributed by atoms with Crippen LogP contribution >= 0.6 is 11.8 Å². The van der Waals surface area contributed by atoms with Crippen LogP contribution < -0.4 is 16.0 Å². The van der Waals surface area contributed by atoms with E-state index in [0.717, 1.165) is 47.3 Å². The first-order valence-electron chi connectivity index (χ1n) is 13.8. The van der Waals surface area contributed by atoms with Gasteiger partial charge in [0.15, 0.2) is 0 Å². The number of benzene rings is 2. The summed E-state index contributed by atoms with van der Waals surface area (Å²) in [5, 5.41) is 20.0. The van der Waals surface area contributed by atoms with E-state index in [1.807, 2.05) is 57.2 Å². The van der Waals surface area contributed by atoms with E-state index in [2.05, 4.69) is 28.9 Å². The van der Waals surface area contributed by atoms with Gasteiger partial charge in [0.25, 0.3) is 5.91 Å². The Morgan fingerprint density at radius 3 is 2.37 bits per heavy atom. The van der Waals surface area contributed by atoms with Crippen LogP contribution in [0.2, 0.25) is 0 Å². The number of nitrogens with one attached hydrogen (secondary N) is 3. The normalized spacial score (nSPS) is 14.9. The van der Waals surface area contributed by atoms with Crippen molar-refractivity contribution in [3.8, 4) is 6.07 Å². The number of allylic oxidation sites excluding steroid dienone is 2. The van der Waals surface area contributed by atoms with Gasteiger partial charge in [-0.1, -0.05) is 54.9 Å². The van der Waals surface area contributed by atoms with Crippen molar-refractivity contribution in [2.24, 2.45) is 0 Å². The fourth-order valence-electron chi connectivity index (χ4n) is 5.10. The topological polar surface area (TPSA) is 107 Å². The Balaban J connectivity index is 1.54. The molecule has 0 spiro atoms. The summed E-state index contributed by atoms with van der Waals surface area (Å²) in [5.41, 5.74) is 7.07. The van der Waals surface area contributed by atoms with Gasteiger partial charge in [-0.25, -0.2) is 0 Å². The highest BCUT2D eigenvalue weighted by Crippen LogP contribution is 2.41. The minimum absolute atomic E-state index is 0.0898. The van der Waals surface area contributed by atoms with Crippen molar-refractivity contribution in [2.75, 3.05) is 16.4 Å². The number of carbonyl (C=O) groups is 2. The van der Waals surface area contributed by atoms with Gasteiger partial charge in [0.05, 0.1) is 40.2 Å². The number of thioether (sulfide) groups is 1. The standard InChI is InChI=1S/C33H36N4O3S/c1-6-7-9-24-11-13-25(14-12-24)36-28(38)19-41-33-26(18-34)30(27-10-8-15-40-27)29(23(5)35-33)32(39)37-31-21(3)16-20(2)17-22(31)4/h8,10-17,30,35H,6-7,9,19H2,1-5H3,(H,36,38)(H,37,39). The van der Waals surface area contributed by atoms with Gasteiger partial charge >= 0.3 is 0 Å². The fourth-order valence-corrected chi connectivity index (χ4v) is 5.99. The van der Waals surface area contributed by atoms with Crippen LogP contribution in [0.3, 0.4) is 0 Å². The van der Waals surface area contributed by atoms with Gasteiger partial charge in [-0.15, -0.1) is 0 Å². The summed E-state index contributed by atoms with van der Waals surface area (Å²) < 4.78 is 5.72. The number of carbonyl (C=O) groups excluding carboxylic acids is 2. The zero-order valence-electron chi connectivity index (χ0n) is 24.2. The second-order valence-corrected chi connectivity index (χ2v) is 11.3. The lowest BCUT2D eigenvalue weighted by molar-refractivity contribution is -0.114. The summed E-state index contributed by atoms with van der Waals surface area (Å²) in [4.78, 5) is 26.5. The summed E-state index contributed by atoms with van der Waals surface area (Å²) in [6, 6.07) is 17.7. The van der Waals surface area contributed by atoms with Crippen LogP contribution in [0, 0.1) is 32.1 Å². The fraction of sp³-hybridized carbons (Fsp3) is 0.303. The Labute approximate surface area is 246 Å². The van der Waals surface area contributed by atoms with Crippen LogP contribution in [0.25, 0.3) is 0 Å². The second kappa shape index (κ2) is 13.4. The molecule has 0 radical (unpaired) electrons. The molecule has 212 valence electrons. The minimum atomic E-state index is -0.719. The summed E-state index contributed by atoms with van der Waals surface area (Å²) in [7, 11) is 0. The number of nitrogens with zero attached hydrogens (tertiary/aromatic N) is 1. The van der Waals surface area contributed by atoms with E-state index in [1.54, 1.807) is 19.1 Å². The maximum atomic E-state index is 13.7. The van der Waals surface area contributed by atoms with E-state index in [-0.39, 0.29) is 17.6 Å². The summed E-state index contributed by atoms with van der Waals surface area (Å²) in [6.45, 7) is 9.90. The smallest absolute Gasteiger partial charge is 0.254 e. The van der Waals surface area contributed by atoms with Gasteiger partial charge in [0, 0.05) is 17.1 Å². The molecule has 2 aromatic carbocycles. The Bertz CT molecular complexity index is 1510. The molecule has 4 rings (SSSR count). The first-order chi connectivity index (χ1) is 19.7. The molecule has 0 fully saturated rings. The third kappa shape index (κ3) is 7.11. The van der Waals surface area contributed by atoms with E-state index in [4.69, 9.17) is 4.42 Å². The molecule has 3 aromatic rings. The Hall–Kier alpha value is -4.22. The highest BCUT2D eigenvalue weighted by Gasteiger charge is 2.36. The third-order valence-electron chi connectivity index (χ3n) is 7.04. The molecule has 1 atom stereocenters. The van der Waals surface area contributed by atoms with Crippen molar-refractivity contribution in [3.63, 3.8) is 0 Å². The van der Waals surface area contributed by atoms with E-state index < -0.39 is 5.92 Å².